The van der Waals surface area contributed by atoms with Crippen molar-refractivity contribution in [3.8, 4) is 11.6 Å². The number of rotatable bonds is 7. The first-order chi connectivity index (χ1) is 13.6. The predicted octanol–water partition coefficient (Wildman–Crippen LogP) is 5.18. The van der Waals surface area contributed by atoms with Crippen molar-refractivity contribution in [1.29, 1.82) is 0 Å². The van der Waals surface area contributed by atoms with Gasteiger partial charge in [-0.05, 0) is 35.6 Å². The van der Waals surface area contributed by atoms with E-state index in [1.54, 1.807) is 6.20 Å². The maximum atomic E-state index is 14.3. The first-order valence-electron chi connectivity index (χ1n) is 8.83. The molecule has 0 spiro atoms. The van der Waals surface area contributed by atoms with Gasteiger partial charge >= 0.3 is 0 Å². The molecule has 0 saturated carbocycles. The number of fused-ring (bicyclic) bond motifs is 1. The number of nitrogens with one attached hydrogen (secondary N) is 1. The SMILES string of the molecule is CC(OCc1nc(Oc2ccc([N+](=O)[O-])cc2F)c2c(I)c[nH]c2n1)[Si](C)(C)C. The van der Waals surface area contributed by atoms with E-state index in [0.29, 0.717) is 16.9 Å². The van der Waals surface area contributed by atoms with Gasteiger partial charge in [-0.1, -0.05) is 19.6 Å². The molecule has 0 saturated heterocycles. The van der Waals surface area contributed by atoms with E-state index < -0.39 is 18.8 Å². The minimum atomic E-state index is -1.48. The van der Waals surface area contributed by atoms with Crippen molar-refractivity contribution in [2.45, 2.75) is 38.9 Å². The van der Waals surface area contributed by atoms with Crippen LogP contribution in [0.2, 0.25) is 19.6 Å². The fourth-order valence-corrected chi connectivity index (χ4v) is 3.61. The van der Waals surface area contributed by atoms with Crippen molar-refractivity contribution in [1.82, 2.24) is 15.0 Å². The molecule has 1 atom stereocenters. The molecule has 2 aromatic heterocycles. The van der Waals surface area contributed by atoms with Crippen LogP contribution >= 0.6 is 22.6 Å². The number of halogens is 2. The van der Waals surface area contributed by atoms with Crippen LogP contribution in [0.5, 0.6) is 11.6 Å². The van der Waals surface area contributed by atoms with Gasteiger partial charge in [0, 0.05) is 21.6 Å². The first-order valence-corrected chi connectivity index (χ1v) is 13.5. The molecule has 1 N–H and O–H groups in total. The van der Waals surface area contributed by atoms with E-state index >= 15 is 0 Å². The summed E-state index contributed by atoms with van der Waals surface area (Å²) in [6, 6.07) is 3.21. The Bertz CT molecular complexity index is 1070. The third kappa shape index (κ3) is 4.90. The van der Waals surface area contributed by atoms with Crippen LogP contribution in [0.15, 0.2) is 24.4 Å². The summed E-state index contributed by atoms with van der Waals surface area (Å²) in [7, 11) is -1.48. The monoisotopic (exact) mass is 530 g/mol. The van der Waals surface area contributed by atoms with Gasteiger partial charge in [-0.25, -0.2) is 9.37 Å². The second kappa shape index (κ2) is 8.32. The van der Waals surface area contributed by atoms with Crippen LogP contribution in [0.4, 0.5) is 10.1 Å². The summed E-state index contributed by atoms with van der Waals surface area (Å²) >= 11 is 2.10. The molecule has 0 aliphatic rings. The summed E-state index contributed by atoms with van der Waals surface area (Å²) in [5.41, 5.74) is 0.288. The van der Waals surface area contributed by atoms with Crippen LogP contribution in [-0.2, 0) is 11.3 Å². The summed E-state index contributed by atoms with van der Waals surface area (Å²) in [6.07, 6.45) is 1.74. The molecule has 0 radical (unpaired) electrons. The Morgan fingerprint density at radius 1 is 1.34 bits per heavy atom. The number of hydrogen-bond acceptors (Lipinski definition) is 6. The molecule has 154 valence electrons. The van der Waals surface area contributed by atoms with E-state index in [-0.39, 0.29) is 29.7 Å². The molecule has 3 aromatic rings. The third-order valence-corrected chi connectivity index (χ3v) is 7.97. The van der Waals surface area contributed by atoms with Crippen molar-refractivity contribution in [2.24, 2.45) is 0 Å². The van der Waals surface area contributed by atoms with Crippen LogP contribution in [-0.4, -0.2) is 33.7 Å². The number of nitrogens with zero attached hydrogens (tertiary/aromatic N) is 3. The fraction of sp³-hybridized carbons (Fsp3) is 0.333. The van der Waals surface area contributed by atoms with E-state index in [1.807, 2.05) is 6.92 Å². The van der Waals surface area contributed by atoms with E-state index in [4.69, 9.17) is 9.47 Å². The zero-order valence-corrected chi connectivity index (χ0v) is 19.5. The summed E-state index contributed by atoms with van der Waals surface area (Å²) in [4.78, 5) is 22.1. The Morgan fingerprint density at radius 3 is 2.69 bits per heavy atom. The van der Waals surface area contributed by atoms with E-state index in [2.05, 4.69) is 57.2 Å². The van der Waals surface area contributed by atoms with Crippen LogP contribution in [0.1, 0.15) is 12.7 Å². The van der Waals surface area contributed by atoms with Gasteiger partial charge in [-0.15, -0.1) is 0 Å². The van der Waals surface area contributed by atoms with Crippen molar-refractivity contribution in [3.63, 3.8) is 0 Å². The molecule has 29 heavy (non-hydrogen) atoms. The summed E-state index contributed by atoms with van der Waals surface area (Å²) in [5.74, 6) is -0.442. The number of aromatic nitrogens is 3. The average Bonchev–Trinajstić information content (AvgIpc) is 3.01. The standard InChI is InChI=1S/C18H20FIN4O4Si/c1-10(29(2,3)4)27-9-15-22-17-16(13(20)8-21-17)18(23-15)28-14-6-5-11(24(25)26)7-12(14)19/h5-8,10H,9H2,1-4H3,(H,21,22,23). The Labute approximate surface area is 181 Å². The predicted molar refractivity (Wildman–Crippen MR) is 117 cm³/mol. The first kappa shape index (κ1) is 21.6. The summed E-state index contributed by atoms with van der Waals surface area (Å²) in [5, 5.41) is 11.4. The lowest BCUT2D eigenvalue weighted by molar-refractivity contribution is -0.385. The summed E-state index contributed by atoms with van der Waals surface area (Å²) < 4.78 is 26.7. The second-order valence-corrected chi connectivity index (χ2v) is 14.3. The highest BCUT2D eigenvalue weighted by molar-refractivity contribution is 14.1. The molecule has 3 rings (SSSR count). The normalized spacial score (nSPS) is 12.9. The van der Waals surface area contributed by atoms with Crippen molar-refractivity contribution < 1.29 is 18.8 Å². The third-order valence-electron chi connectivity index (χ3n) is 4.51. The van der Waals surface area contributed by atoms with E-state index in [1.165, 1.54) is 12.1 Å². The van der Waals surface area contributed by atoms with Crippen LogP contribution in [0.3, 0.4) is 0 Å². The molecule has 0 bridgehead atoms. The number of aromatic amines is 1. The second-order valence-electron chi connectivity index (χ2n) is 7.60. The lowest BCUT2D eigenvalue weighted by Crippen LogP contribution is -2.37. The molecule has 1 unspecified atom stereocenters. The minimum Gasteiger partial charge on any atom is -0.435 e. The Hall–Kier alpha value is -2.12. The molecule has 1 aromatic carbocycles. The van der Waals surface area contributed by atoms with E-state index in [0.717, 1.165) is 9.64 Å². The van der Waals surface area contributed by atoms with Gasteiger partial charge in [0.1, 0.15) is 12.3 Å². The average molecular weight is 530 g/mol. The Morgan fingerprint density at radius 2 is 2.07 bits per heavy atom. The number of nitro benzene ring substituents is 1. The lowest BCUT2D eigenvalue weighted by Gasteiger charge is -2.24. The molecule has 0 aliphatic carbocycles. The number of H-pyrrole nitrogens is 1. The van der Waals surface area contributed by atoms with Crippen LogP contribution in [0.25, 0.3) is 11.0 Å². The number of ether oxygens (including phenoxy) is 2. The van der Waals surface area contributed by atoms with Crippen molar-refractivity contribution in [3.05, 3.63) is 49.7 Å². The molecular weight excluding hydrogens is 510 g/mol. The molecule has 0 amide bonds. The molecule has 8 nitrogen and oxygen atoms in total. The molecule has 2 heterocycles. The quantitative estimate of drug-likeness (QED) is 0.195. The Kier molecular flexibility index (Phi) is 6.19. The van der Waals surface area contributed by atoms with Gasteiger partial charge in [0.25, 0.3) is 5.69 Å². The van der Waals surface area contributed by atoms with Crippen LogP contribution < -0.4 is 4.74 Å². The van der Waals surface area contributed by atoms with Gasteiger partial charge in [0.2, 0.25) is 5.88 Å². The molecule has 11 heteroatoms. The highest BCUT2D eigenvalue weighted by Crippen LogP contribution is 2.33. The van der Waals surface area contributed by atoms with Gasteiger partial charge in [-0.2, -0.15) is 4.98 Å². The Balaban J connectivity index is 1.94. The zero-order valence-electron chi connectivity index (χ0n) is 16.3. The molecular formula is C18H20FIN4O4Si. The highest BCUT2D eigenvalue weighted by Gasteiger charge is 2.24. The lowest BCUT2D eigenvalue weighted by atomic mass is 10.3. The number of benzene rings is 1. The van der Waals surface area contributed by atoms with Gasteiger partial charge in [0.05, 0.1) is 24.4 Å². The van der Waals surface area contributed by atoms with Crippen LogP contribution in [0, 0.1) is 19.5 Å². The maximum absolute atomic E-state index is 14.3. The van der Waals surface area contributed by atoms with Crippen molar-refractivity contribution in [2.75, 3.05) is 0 Å². The fourth-order valence-electron chi connectivity index (χ4n) is 2.39. The van der Waals surface area contributed by atoms with Gasteiger partial charge in [0.15, 0.2) is 17.4 Å². The number of nitro groups is 1. The zero-order chi connectivity index (χ0) is 21.3. The highest BCUT2D eigenvalue weighted by atomic mass is 127. The topological polar surface area (TPSA) is 103 Å². The largest absolute Gasteiger partial charge is 0.435 e. The number of non-ortho nitro benzene ring substituents is 1. The summed E-state index contributed by atoms with van der Waals surface area (Å²) in [6.45, 7) is 8.85. The van der Waals surface area contributed by atoms with Gasteiger partial charge < -0.3 is 14.5 Å². The van der Waals surface area contributed by atoms with Gasteiger partial charge in [-0.3, -0.25) is 10.1 Å². The molecule has 0 fully saturated rings. The minimum absolute atomic E-state index is 0.0991. The number of hydrogen-bond donors (Lipinski definition) is 1. The van der Waals surface area contributed by atoms with Crippen molar-refractivity contribution >= 4 is 47.4 Å². The van der Waals surface area contributed by atoms with E-state index in [9.17, 15) is 14.5 Å². The smallest absolute Gasteiger partial charge is 0.272 e. The molecule has 0 aliphatic heterocycles. The maximum Gasteiger partial charge on any atom is 0.272 e.